The predicted octanol–water partition coefficient (Wildman–Crippen LogP) is 17.3. The number of hydrogen-bond donors (Lipinski definition) is 0. The van der Waals surface area contributed by atoms with Gasteiger partial charge in [0.1, 0.15) is 0 Å². The molecule has 3 nitrogen and oxygen atoms in total. The molecule has 5 heteroatoms. The molecular formula is C59H55N3Si2. The molecule has 0 saturated carbocycles. The number of fused-ring (bicyclic) bond motifs is 4. The molecule has 10 rings (SSSR count). The van der Waals surface area contributed by atoms with Gasteiger partial charge >= 0.3 is 0 Å². The van der Waals surface area contributed by atoms with Crippen LogP contribution in [0.4, 0.5) is 51.2 Å². The van der Waals surface area contributed by atoms with Crippen molar-refractivity contribution in [1.82, 2.24) is 0 Å². The molecule has 0 saturated heterocycles. The Bertz CT molecular complexity index is 2920. The second-order valence-electron chi connectivity index (χ2n) is 19.1. The topological polar surface area (TPSA) is 9.72 Å². The fourth-order valence-corrected chi connectivity index (χ4v) is 24.2. The maximum absolute atomic E-state index is 2.63. The van der Waals surface area contributed by atoms with E-state index in [-0.39, 0.29) is 4.66 Å². The average Bonchev–Trinajstić information content (AvgIpc) is 3.62. The summed E-state index contributed by atoms with van der Waals surface area (Å²) in [4.78, 5) is 7.37. The van der Waals surface area contributed by atoms with Crippen LogP contribution in [-0.2, 0) is 4.66 Å². The zero-order valence-electron chi connectivity index (χ0n) is 37.7. The molecule has 0 aromatic heterocycles. The largest absolute Gasteiger partial charge is 0.310 e. The van der Waals surface area contributed by atoms with E-state index in [2.05, 4.69) is 278 Å². The smallest absolute Gasteiger partial charge is 0.0621 e. The molecule has 0 atom stereocenters. The van der Waals surface area contributed by atoms with Gasteiger partial charge in [0.05, 0.1) is 21.8 Å². The van der Waals surface area contributed by atoms with Crippen LogP contribution in [0.5, 0.6) is 0 Å². The summed E-state index contributed by atoms with van der Waals surface area (Å²) in [7, 11) is -4.32. The minimum Gasteiger partial charge on any atom is -0.310 e. The fraction of sp³-hybridized carbons (Fsp3) is 0.119. The van der Waals surface area contributed by atoms with Crippen molar-refractivity contribution in [3.63, 3.8) is 0 Å². The van der Waals surface area contributed by atoms with E-state index >= 15 is 0 Å². The van der Waals surface area contributed by atoms with Crippen LogP contribution >= 0.6 is 0 Å². The molecule has 0 aliphatic heterocycles. The fourth-order valence-electron chi connectivity index (χ4n) is 11.2. The number of benzene rings is 9. The molecule has 0 spiro atoms. The lowest BCUT2D eigenvalue weighted by Gasteiger charge is -2.51. The number of hydrogen-bond acceptors (Lipinski definition) is 3. The third-order valence-electron chi connectivity index (χ3n) is 13.3. The Hall–Kier alpha value is -6.93. The first-order valence-electron chi connectivity index (χ1n) is 22.5. The summed E-state index contributed by atoms with van der Waals surface area (Å²) in [5.41, 5.74) is 16.0. The predicted molar refractivity (Wildman–Crippen MR) is 281 cm³/mol. The highest BCUT2D eigenvalue weighted by atomic mass is 28.4. The van der Waals surface area contributed by atoms with Gasteiger partial charge < -0.3 is 14.7 Å². The highest BCUT2D eigenvalue weighted by molar-refractivity contribution is 6.99. The van der Waals surface area contributed by atoms with Gasteiger partial charge in [0.2, 0.25) is 0 Å². The SMILES string of the molecule is C[Si](C)(C)C1([Si](C)(C)C)c2cc(N(c3ccccc3)c3ccccc3)ccc2-c2c1cc1cc(N(c3ccccc3)c3ccccc3)ccc1c2N(c1ccccc1)c1ccccc1. The zero-order chi connectivity index (χ0) is 44.1. The van der Waals surface area contributed by atoms with Gasteiger partial charge in [-0.3, -0.25) is 0 Å². The van der Waals surface area contributed by atoms with Crippen LogP contribution in [0.15, 0.2) is 224 Å². The van der Waals surface area contributed by atoms with Crippen LogP contribution in [-0.4, -0.2) is 16.1 Å². The molecule has 64 heavy (non-hydrogen) atoms. The second-order valence-corrected chi connectivity index (χ2v) is 30.1. The third-order valence-corrected chi connectivity index (χ3v) is 23.3. The Balaban J connectivity index is 1.34. The summed E-state index contributed by atoms with van der Waals surface area (Å²) in [5, 5.41) is 2.47. The van der Waals surface area contributed by atoms with Crippen molar-refractivity contribution in [2.45, 2.75) is 43.9 Å². The van der Waals surface area contributed by atoms with E-state index in [0.717, 1.165) is 39.8 Å². The van der Waals surface area contributed by atoms with Crippen molar-refractivity contribution in [1.29, 1.82) is 0 Å². The minimum absolute atomic E-state index is 0.156. The van der Waals surface area contributed by atoms with Gasteiger partial charge in [-0.2, -0.15) is 0 Å². The molecule has 9 aromatic rings. The molecule has 9 aromatic carbocycles. The van der Waals surface area contributed by atoms with E-state index in [4.69, 9.17) is 0 Å². The zero-order valence-corrected chi connectivity index (χ0v) is 39.7. The van der Waals surface area contributed by atoms with Gasteiger partial charge in [0, 0.05) is 61.1 Å². The van der Waals surface area contributed by atoms with Crippen LogP contribution in [0.25, 0.3) is 21.9 Å². The van der Waals surface area contributed by atoms with Crippen molar-refractivity contribution in [2.75, 3.05) is 14.7 Å². The van der Waals surface area contributed by atoms with Gasteiger partial charge in [-0.15, -0.1) is 0 Å². The van der Waals surface area contributed by atoms with E-state index in [1.165, 1.54) is 44.4 Å². The van der Waals surface area contributed by atoms with Gasteiger partial charge in [-0.25, -0.2) is 0 Å². The number of anilines is 9. The molecule has 314 valence electrons. The molecule has 0 heterocycles. The average molecular weight is 862 g/mol. The number of para-hydroxylation sites is 6. The standard InChI is InChI=1S/C59H55N3Si2/c1-63(2,3)59(64(4,5)6)55-43-52(61(47-29-17-9-18-30-47)48-31-19-10-20-32-48)38-40-54(55)57-56(59)42-44-41-51(60(45-25-13-7-14-26-45)46-27-15-8-16-28-46)37-39-53(44)58(57)62(49-33-21-11-22-34-49)50-35-23-12-24-36-50/h7-43H,1-6H3. The molecule has 1 aliphatic rings. The molecule has 1 aliphatic carbocycles. The molecule has 0 N–H and O–H groups in total. The van der Waals surface area contributed by atoms with Crippen LogP contribution in [0.1, 0.15) is 11.1 Å². The Morgan fingerprint density at radius 3 is 1.03 bits per heavy atom. The molecule has 0 fully saturated rings. The van der Waals surface area contributed by atoms with E-state index in [1.807, 2.05) is 0 Å². The Morgan fingerprint density at radius 2 is 0.656 bits per heavy atom. The lowest BCUT2D eigenvalue weighted by atomic mass is 9.94. The maximum atomic E-state index is 2.63. The normalized spacial score (nSPS) is 13.0. The van der Waals surface area contributed by atoms with Gasteiger partial charge in [0.15, 0.2) is 0 Å². The van der Waals surface area contributed by atoms with Crippen molar-refractivity contribution >= 4 is 78.1 Å². The van der Waals surface area contributed by atoms with Crippen LogP contribution in [0.2, 0.25) is 39.3 Å². The molecule has 0 amide bonds. The van der Waals surface area contributed by atoms with E-state index in [1.54, 1.807) is 0 Å². The van der Waals surface area contributed by atoms with E-state index in [0.29, 0.717) is 0 Å². The first-order chi connectivity index (χ1) is 31.1. The first kappa shape index (κ1) is 41.1. The Kier molecular flexibility index (Phi) is 10.5. The molecule has 0 radical (unpaired) electrons. The maximum Gasteiger partial charge on any atom is 0.0621 e. The Morgan fingerprint density at radius 1 is 0.312 bits per heavy atom. The van der Waals surface area contributed by atoms with Crippen LogP contribution < -0.4 is 14.7 Å². The van der Waals surface area contributed by atoms with Gasteiger partial charge in [0.25, 0.3) is 0 Å². The van der Waals surface area contributed by atoms with E-state index in [9.17, 15) is 0 Å². The molecule has 0 unspecified atom stereocenters. The summed E-state index contributed by atoms with van der Waals surface area (Å²) in [6, 6.07) is 82.5. The molecular weight excluding hydrogens is 807 g/mol. The quantitative estimate of drug-likeness (QED) is 0.120. The van der Waals surface area contributed by atoms with E-state index < -0.39 is 16.1 Å². The van der Waals surface area contributed by atoms with Gasteiger partial charge in [-0.1, -0.05) is 161 Å². The van der Waals surface area contributed by atoms with Crippen molar-refractivity contribution in [2.24, 2.45) is 0 Å². The lowest BCUT2D eigenvalue weighted by molar-refractivity contribution is 0.953. The first-order valence-corrected chi connectivity index (χ1v) is 29.5. The summed E-state index contributed by atoms with van der Waals surface area (Å²) < 4.78 is -0.156. The Labute approximate surface area is 381 Å². The van der Waals surface area contributed by atoms with Crippen molar-refractivity contribution < 1.29 is 0 Å². The van der Waals surface area contributed by atoms with Gasteiger partial charge in [-0.05, 0) is 125 Å². The summed E-state index contributed by atoms with van der Waals surface area (Å²) in [6.45, 7) is 15.8. The second kappa shape index (κ2) is 16.3. The van der Waals surface area contributed by atoms with Crippen LogP contribution in [0.3, 0.4) is 0 Å². The molecule has 0 bridgehead atoms. The lowest BCUT2D eigenvalue weighted by Crippen LogP contribution is -2.63. The minimum atomic E-state index is -2.16. The summed E-state index contributed by atoms with van der Waals surface area (Å²) >= 11 is 0. The van der Waals surface area contributed by atoms with Crippen LogP contribution in [0, 0.1) is 0 Å². The number of rotatable bonds is 11. The number of nitrogens with zero attached hydrogens (tertiary/aromatic N) is 3. The summed E-state index contributed by atoms with van der Waals surface area (Å²) in [6.07, 6.45) is 0. The van der Waals surface area contributed by atoms with Crippen molar-refractivity contribution in [3.05, 3.63) is 236 Å². The highest BCUT2D eigenvalue weighted by Gasteiger charge is 2.60. The summed E-state index contributed by atoms with van der Waals surface area (Å²) in [5.74, 6) is 0. The monoisotopic (exact) mass is 861 g/mol. The van der Waals surface area contributed by atoms with Crippen molar-refractivity contribution in [3.8, 4) is 11.1 Å². The third kappa shape index (κ3) is 6.87. The highest BCUT2D eigenvalue weighted by Crippen LogP contribution is 2.63.